The zero-order valence-corrected chi connectivity index (χ0v) is 8.61. The molecule has 78 valence electrons. The molecular weight excluding hydrogens is 192 g/mol. The highest BCUT2D eigenvalue weighted by molar-refractivity contribution is 5.91. The summed E-state index contributed by atoms with van der Waals surface area (Å²) < 4.78 is 0. The third-order valence-electron chi connectivity index (χ3n) is 2.02. The fourth-order valence-corrected chi connectivity index (χ4v) is 1.46. The van der Waals surface area contributed by atoms with Gasteiger partial charge < -0.3 is 5.32 Å². The molecule has 0 aromatic carbocycles. The van der Waals surface area contributed by atoms with Crippen LogP contribution in [0, 0.1) is 0 Å². The first-order chi connectivity index (χ1) is 7.18. The Bertz CT molecular complexity index is 527. The van der Waals surface area contributed by atoms with Gasteiger partial charge in [0.2, 0.25) is 0 Å². The molecule has 0 aliphatic heterocycles. The first-order valence-electron chi connectivity index (χ1n) is 4.76. The molecule has 0 bridgehead atoms. The van der Waals surface area contributed by atoms with Crippen LogP contribution in [0.15, 0.2) is 23.4 Å². The van der Waals surface area contributed by atoms with Gasteiger partial charge in [-0.25, -0.2) is 5.10 Å². The van der Waals surface area contributed by atoms with Crippen LogP contribution in [-0.2, 0) is 0 Å². The van der Waals surface area contributed by atoms with Gasteiger partial charge in [0.15, 0.2) is 0 Å². The normalized spacial score (nSPS) is 10.9. The third-order valence-corrected chi connectivity index (χ3v) is 2.02. The molecule has 2 N–H and O–H groups in total. The number of anilines is 1. The summed E-state index contributed by atoms with van der Waals surface area (Å²) in [7, 11) is 0. The van der Waals surface area contributed by atoms with Gasteiger partial charge in [-0.1, -0.05) is 0 Å². The Balaban J connectivity index is 2.69. The number of pyridine rings is 1. The van der Waals surface area contributed by atoms with Gasteiger partial charge in [0, 0.05) is 17.6 Å². The zero-order valence-electron chi connectivity index (χ0n) is 8.61. The number of H-pyrrole nitrogens is 1. The average molecular weight is 204 g/mol. The van der Waals surface area contributed by atoms with Crippen LogP contribution in [0.3, 0.4) is 0 Å². The molecule has 0 atom stereocenters. The maximum Gasteiger partial charge on any atom is 0.274 e. The average Bonchev–Trinajstić information content (AvgIpc) is 2.17. The second kappa shape index (κ2) is 3.68. The minimum atomic E-state index is -0.196. The minimum Gasteiger partial charge on any atom is -0.381 e. The number of hydrogen-bond donors (Lipinski definition) is 2. The Morgan fingerprint density at radius 3 is 2.87 bits per heavy atom. The van der Waals surface area contributed by atoms with Crippen molar-refractivity contribution >= 4 is 16.5 Å². The molecule has 0 aliphatic rings. The van der Waals surface area contributed by atoms with E-state index in [9.17, 15) is 4.79 Å². The van der Waals surface area contributed by atoms with Gasteiger partial charge in [0.25, 0.3) is 5.56 Å². The van der Waals surface area contributed by atoms with Crippen molar-refractivity contribution in [2.75, 3.05) is 5.32 Å². The Kier molecular flexibility index (Phi) is 2.37. The molecule has 2 aromatic rings. The van der Waals surface area contributed by atoms with Gasteiger partial charge in [-0.05, 0) is 13.8 Å². The van der Waals surface area contributed by atoms with Gasteiger partial charge in [-0.15, -0.1) is 0 Å². The molecule has 0 fully saturated rings. The highest BCUT2D eigenvalue weighted by Gasteiger charge is 2.06. The molecule has 0 saturated carbocycles. The summed E-state index contributed by atoms with van der Waals surface area (Å²) in [5.41, 5.74) is 0.546. The van der Waals surface area contributed by atoms with E-state index in [-0.39, 0.29) is 11.6 Å². The molecule has 0 unspecified atom stereocenters. The SMILES string of the molecule is CC(C)Nc1cncc2cn[nH]c(=O)c12. The molecule has 15 heavy (non-hydrogen) atoms. The number of aromatic amines is 1. The van der Waals surface area contributed by atoms with Gasteiger partial charge in [-0.2, -0.15) is 5.10 Å². The van der Waals surface area contributed by atoms with Crippen LogP contribution in [0.25, 0.3) is 10.8 Å². The van der Waals surface area contributed by atoms with Crippen molar-refractivity contribution in [1.82, 2.24) is 15.2 Å². The smallest absolute Gasteiger partial charge is 0.274 e. The second-order valence-electron chi connectivity index (χ2n) is 3.65. The van der Waals surface area contributed by atoms with E-state index in [1.165, 1.54) is 0 Å². The number of hydrogen-bond acceptors (Lipinski definition) is 4. The lowest BCUT2D eigenvalue weighted by atomic mass is 10.2. The van der Waals surface area contributed by atoms with Gasteiger partial charge in [-0.3, -0.25) is 9.78 Å². The first-order valence-corrected chi connectivity index (χ1v) is 4.76. The molecule has 2 aromatic heterocycles. The molecule has 2 rings (SSSR count). The van der Waals surface area contributed by atoms with E-state index in [1.54, 1.807) is 18.6 Å². The van der Waals surface area contributed by atoms with E-state index in [0.717, 1.165) is 11.1 Å². The van der Waals surface area contributed by atoms with E-state index in [0.29, 0.717) is 5.39 Å². The summed E-state index contributed by atoms with van der Waals surface area (Å²) in [6.07, 6.45) is 4.87. The van der Waals surface area contributed by atoms with Crippen molar-refractivity contribution in [2.24, 2.45) is 0 Å². The van der Waals surface area contributed by atoms with Crippen molar-refractivity contribution in [3.63, 3.8) is 0 Å². The monoisotopic (exact) mass is 204 g/mol. The number of fused-ring (bicyclic) bond motifs is 1. The van der Waals surface area contributed by atoms with Crippen molar-refractivity contribution < 1.29 is 0 Å². The summed E-state index contributed by atoms with van der Waals surface area (Å²) in [6.45, 7) is 4.02. The Morgan fingerprint density at radius 1 is 1.33 bits per heavy atom. The van der Waals surface area contributed by atoms with Crippen LogP contribution in [0.4, 0.5) is 5.69 Å². The quantitative estimate of drug-likeness (QED) is 0.769. The van der Waals surface area contributed by atoms with Crippen LogP contribution in [-0.4, -0.2) is 21.2 Å². The van der Waals surface area contributed by atoms with Crippen molar-refractivity contribution in [1.29, 1.82) is 0 Å². The molecule has 2 heterocycles. The predicted molar refractivity (Wildman–Crippen MR) is 58.9 cm³/mol. The summed E-state index contributed by atoms with van der Waals surface area (Å²) in [6, 6.07) is 0.255. The number of nitrogens with one attached hydrogen (secondary N) is 2. The Morgan fingerprint density at radius 2 is 2.13 bits per heavy atom. The topological polar surface area (TPSA) is 70.7 Å². The van der Waals surface area contributed by atoms with Crippen LogP contribution < -0.4 is 10.9 Å². The zero-order chi connectivity index (χ0) is 10.8. The standard InChI is InChI=1S/C10H12N4O/c1-6(2)13-8-5-11-3-7-4-12-14-10(15)9(7)8/h3-6,13H,1-2H3,(H,14,15). The second-order valence-corrected chi connectivity index (χ2v) is 3.65. The molecule has 5 heteroatoms. The number of nitrogens with zero attached hydrogens (tertiary/aromatic N) is 2. The summed E-state index contributed by atoms with van der Waals surface area (Å²) >= 11 is 0. The lowest BCUT2D eigenvalue weighted by Crippen LogP contribution is -2.15. The molecule has 5 nitrogen and oxygen atoms in total. The van der Waals surface area contributed by atoms with E-state index in [1.807, 2.05) is 13.8 Å². The van der Waals surface area contributed by atoms with E-state index < -0.39 is 0 Å². The molecule has 0 spiro atoms. The maximum atomic E-state index is 11.6. The highest BCUT2D eigenvalue weighted by Crippen LogP contribution is 2.17. The van der Waals surface area contributed by atoms with Crippen LogP contribution in [0.2, 0.25) is 0 Å². The van der Waals surface area contributed by atoms with Gasteiger partial charge in [0.05, 0.1) is 23.5 Å². The maximum absolute atomic E-state index is 11.6. The summed E-state index contributed by atoms with van der Waals surface area (Å²) in [4.78, 5) is 15.6. The van der Waals surface area contributed by atoms with Crippen LogP contribution in [0.1, 0.15) is 13.8 Å². The van der Waals surface area contributed by atoms with Crippen LogP contribution >= 0.6 is 0 Å². The van der Waals surface area contributed by atoms with Gasteiger partial charge in [0.1, 0.15) is 0 Å². The molecule has 0 radical (unpaired) electrons. The van der Waals surface area contributed by atoms with E-state index in [4.69, 9.17) is 0 Å². The number of rotatable bonds is 2. The first kappa shape index (κ1) is 9.64. The number of aromatic nitrogens is 3. The Labute approximate surface area is 86.5 Å². The summed E-state index contributed by atoms with van der Waals surface area (Å²) in [5, 5.41) is 10.7. The van der Waals surface area contributed by atoms with Crippen LogP contribution in [0.5, 0.6) is 0 Å². The third kappa shape index (κ3) is 1.81. The largest absolute Gasteiger partial charge is 0.381 e. The minimum absolute atomic E-state index is 0.196. The lowest BCUT2D eigenvalue weighted by molar-refractivity contribution is 0.898. The lowest BCUT2D eigenvalue weighted by Gasteiger charge is -2.10. The van der Waals surface area contributed by atoms with Crippen molar-refractivity contribution in [3.05, 3.63) is 28.9 Å². The van der Waals surface area contributed by atoms with Gasteiger partial charge >= 0.3 is 0 Å². The van der Waals surface area contributed by atoms with E-state index >= 15 is 0 Å². The van der Waals surface area contributed by atoms with E-state index in [2.05, 4.69) is 20.5 Å². The molecule has 0 saturated heterocycles. The molecular formula is C10H12N4O. The molecule has 0 amide bonds. The fraction of sp³-hybridized carbons (Fsp3) is 0.300. The Hall–Kier alpha value is -1.91. The fourth-order valence-electron chi connectivity index (χ4n) is 1.46. The molecule has 0 aliphatic carbocycles. The summed E-state index contributed by atoms with van der Waals surface area (Å²) in [5.74, 6) is 0. The predicted octanol–water partition coefficient (Wildman–Crippen LogP) is 1.14. The van der Waals surface area contributed by atoms with Crippen molar-refractivity contribution in [3.8, 4) is 0 Å². The highest BCUT2D eigenvalue weighted by atomic mass is 16.1. The van der Waals surface area contributed by atoms with Crippen molar-refractivity contribution in [2.45, 2.75) is 19.9 Å².